The molecule has 7 rings (SSSR count). The summed E-state index contributed by atoms with van der Waals surface area (Å²) < 4.78 is 13.5. The fraction of sp³-hybridized carbons (Fsp3) is 0.0370. The smallest absolute Gasteiger partial charge is 0.344 e. The standard InChI is InChI=1S/C27H15N5O5/c33-27-21-20(15-10-12-17(13-11-15)32(34)35)22-25-29-24(16-6-2-1-3-7-16)30-31(25)14-28-26(22)37-23(21)18-8-4-5-9-19(18)36-27/h1-14,20H. The lowest BCUT2D eigenvalue weighted by molar-refractivity contribution is -0.384. The number of nitrogens with zero attached hydrogens (tertiary/aromatic N) is 5. The van der Waals surface area contributed by atoms with Crippen LogP contribution in [0.4, 0.5) is 5.69 Å². The summed E-state index contributed by atoms with van der Waals surface area (Å²) in [7, 11) is 0. The summed E-state index contributed by atoms with van der Waals surface area (Å²) in [6.45, 7) is 0. The first kappa shape index (κ1) is 20.9. The van der Waals surface area contributed by atoms with Crippen LogP contribution in [-0.2, 0) is 0 Å². The molecule has 1 atom stereocenters. The minimum absolute atomic E-state index is 0.0630. The molecule has 6 aromatic rings. The summed E-state index contributed by atoms with van der Waals surface area (Å²) in [5.41, 5.74) is 2.41. The first-order chi connectivity index (χ1) is 18.1. The lowest BCUT2D eigenvalue weighted by Gasteiger charge is -2.27. The van der Waals surface area contributed by atoms with Crippen molar-refractivity contribution in [1.82, 2.24) is 19.6 Å². The van der Waals surface area contributed by atoms with Crippen molar-refractivity contribution in [3.05, 3.63) is 122 Å². The van der Waals surface area contributed by atoms with E-state index in [-0.39, 0.29) is 17.1 Å². The number of benzene rings is 3. The van der Waals surface area contributed by atoms with Gasteiger partial charge in [0.05, 0.1) is 27.4 Å². The molecule has 10 heteroatoms. The van der Waals surface area contributed by atoms with Gasteiger partial charge in [0.25, 0.3) is 5.69 Å². The number of nitro groups is 1. The monoisotopic (exact) mass is 489 g/mol. The van der Waals surface area contributed by atoms with Crippen molar-refractivity contribution in [3.8, 4) is 23.0 Å². The Balaban J connectivity index is 1.54. The number of fused-ring (bicyclic) bond motifs is 6. The molecule has 0 saturated carbocycles. The summed E-state index contributed by atoms with van der Waals surface area (Å²) in [5, 5.41) is 16.5. The van der Waals surface area contributed by atoms with Gasteiger partial charge in [0.1, 0.15) is 11.9 Å². The predicted molar refractivity (Wildman–Crippen MR) is 133 cm³/mol. The average molecular weight is 489 g/mol. The van der Waals surface area contributed by atoms with E-state index in [1.54, 1.807) is 30.3 Å². The van der Waals surface area contributed by atoms with Crippen molar-refractivity contribution in [2.75, 3.05) is 0 Å². The minimum Gasteiger partial charge on any atom is -0.437 e. The zero-order valence-corrected chi connectivity index (χ0v) is 18.9. The van der Waals surface area contributed by atoms with Crippen LogP contribution >= 0.6 is 0 Å². The largest absolute Gasteiger partial charge is 0.437 e. The Morgan fingerprint density at radius 1 is 0.919 bits per heavy atom. The number of hydrogen-bond acceptors (Lipinski definition) is 8. The first-order valence-corrected chi connectivity index (χ1v) is 11.4. The Labute approximate surface area is 207 Å². The Kier molecular flexibility index (Phi) is 4.43. The van der Waals surface area contributed by atoms with E-state index in [4.69, 9.17) is 14.1 Å². The molecule has 1 unspecified atom stereocenters. The molecule has 1 aliphatic heterocycles. The number of non-ortho nitro benzene ring substituents is 1. The SMILES string of the molecule is O=c1oc2ccccc2c2c1C(c1ccc([N+](=O)[O-])cc1)c1c(ncn3nc(-c4ccccc4)nc13)O2. The third-order valence-corrected chi connectivity index (χ3v) is 6.43. The molecule has 0 aliphatic carbocycles. The second-order valence-electron chi connectivity index (χ2n) is 8.55. The summed E-state index contributed by atoms with van der Waals surface area (Å²) in [5.74, 6) is 0.368. The van der Waals surface area contributed by atoms with Gasteiger partial charge in [0.15, 0.2) is 17.2 Å². The Hall–Kier alpha value is -5.38. The van der Waals surface area contributed by atoms with Crippen LogP contribution in [0.1, 0.15) is 22.6 Å². The highest BCUT2D eigenvalue weighted by molar-refractivity contribution is 5.87. The van der Waals surface area contributed by atoms with Crippen molar-refractivity contribution in [1.29, 1.82) is 0 Å². The van der Waals surface area contributed by atoms with Crippen LogP contribution in [0.15, 0.2) is 94.4 Å². The number of nitro benzene ring substituents is 1. The quantitative estimate of drug-likeness (QED) is 0.191. The molecule has 3 aromatic carbocycles. The molecule has 0 N–H and O–H groups in total. The van der Waals surface area contributed by atoms with Crippen molar-refractivity contribution in [3.63, 3.8) is 0 Å². The highest BCUT2D eigenvalue weighted by atomic mass is 16.6. The summed E-state index contributed by atoms with van der Waals surface area (Å²) in [6.07, 6.45) is 1.51. The average Bonchev–Trinajstić information content (AvgIpc) is 3.37. The molecule has 0 radical (unpaired) electrons. The van der Waals surface area contributed by atoms with E-state index in [1.165, 1.54) is 23.0 Å². The molecule has 10 nitrogen and oxygen atoms in total. The highest BCUT2D eigenvalue weighted by Crippen LogP contribution is 2.48. The van der Waals surface area contributed by atoms with E-state index >= 15 is 0 Å². The maximum absolute atomic E-state index is 13.4. The fourth-order valence-corrected chi connectivity index (χ4v) is 4.76. The van der Waals surface area contributed by atoms with Crippen LogP contribution in [0.25, 0.3) is 28.0 Å². The Morgan fingerprint density at radius 2 is 1.68 bits per heavy atom. The number of rotatable bonds is 3. The summed E-state index contributed by atoms with van der Waals surface area (Å²) in [6, 6.07) is 22.6. The van der Waals surface area contributed by atoms with Gasteiger partial charge < -0.3 is 9.15 Å². The second-order valence-corrected chi connectivity index (χ2v) is 8.55. The van der Waals surface area contributed by atoms with Crippen LogP contribution in [-0.4, -0.2) is 24.5 Å². The molecule has 0 amide bonds. The molecule has 0 bridgehead atoms. The zero-order valence-electron chi connectivity index (χ0n) is 18.9. The van der Waals surface area contributed by atoms with Crippen LogP contribution in [0, 0.1) is 10.1 Å². The number of hydrogen-bond donors (Lipinski definition) is 0. The van der Waals surface area contributed by atoms with E-state index in [2.05, 4.69) is 10.1 Å². The molecule has 1 aliphatic rings. The van der Waals surface area contributed by atoms with Gasteiger partial charge in [0, 0.05) is 17.7 Å². The van der Waals surface area contributed by atoms with Gasteiger partial charge in [-0.3, -0.25) is 10.1 Å². The molecule has 4 heterocycles. The normalized spacial score (nSPS) is 14.2. The van der Waals surface area contributed by atoms with Crippen molar-refractivity contribution in [2.24, 2.45) is 0 Å². The molecule has 0 fully saturated rings. The maximum Gasteiger partial charge on any atom is 0.344 e. The topological polar surface area (TPSA) is 126 Å². The number of ether oxygens (including phenoxy) is 1. The van der Waals surface area contributed by atoms with Gasteiger partial charge in [-0.05, 0) is 17.7 Å². The maximum atomic E-state index is 13.4. The van der Waals surface area contributed by atoms with E-state index in [1.807, 2.05) is 36.4 Å². The molecule has 178 valence electrons. The minimum atomic E-state index is -0.718. The van der Waals surface area contributed by atoms with Crippen LogP contribution < -0.4 is 10.4 Å². The van der Waals surface area contributed by atoms with Gasteiger partial charge in [-0.15, -0.1) is 5.10 Å². The van der Waals surface area contributed by atoms with Crippen molar-refractivity contribution in [2.45, 2.75) is 5.92 Å². The summed E-state index contributed by atoms with van der Waals surface area (Å²) >= 11 is 0. The highest BCUT2D eigenvalue weighted by Gasteiger charge is 2.37. The first-order valence-electron chi connectivity index (χ1n) is 11.4. The van der Waals surface area contributed by atoms with Crippen LogP contribution in [0.5, 0.6) is 11.6 Å². The van der Waals surface area contributed by atoms with Gasteiger partial charge in [-0.2, -0.15) is 0 Å². The third-order valence-electron chi connectivity index (χ3n) is 6.43. The second kappa shape index (κ2) is 7.82. The zero-order chi connectivity index (χ0) is 25.1. The number of para-hydroxylation sites is 1. The molecule has 0 saturated heterocycles. The number of aromatic nitrogens is 4. The van der Waals surface area contributed by atoms with E-state index in [0.717, 1.165) is 5.56 Å². The lowest BCUT2D eigenvalue weighted by Crippen LogP contribution is -2.22. The molecule has 37 heavy (non-hydrogen) atoms. The molecular formula is C27H15N5O5. The molecular weight excluding hydrogens is 474 g/mol. The van der Waals surface area contributed by atoms with Gasteiger partial charge in [-0.25, -0.2) is 19.3 Å². The van der Waals surface area contributed by atoms with Crippen LogP contribution in [0.3, 0.4) is 0 Å². The van der Waals surface area contributed by atoms with E-state index < -0.39 is 16.5 Å². The van der Waals surface area contributed by atoms with Gasteiger partial charge >= 0.3 is 5.63 Å². The summed E-state index contributed by atoms with van der Waals surface area (Å²) in [4.78, 5) is 33.5. The van der Waals surface area contributed by atoms with E-state index in [0.29, 0.717) is 39.3 Å². The van der Waals surface area contributed by atoms with Crippen LogP contribution in [0.2, 0.25) is 0 Å². The van der Waals surface area contributed by atoms with Crippen molar-refractivity contribution >= 4 is 22.3 Å². The Bertz CT molecular complexity index is 1910. The van der Waals surface area contributed by atoms with E-state index in [9.17, 15) is 14.9 Å². The molecule has 3 aromatic heterocycles. The predicted octanol–water partition coefficient (Wildman–Crippen LogP) is 5.09. The fourth-order valence-electron chi connectivity index (χ4n) is 4.76. The van der Waals surface area contributed by atoms with Gasteiger partial charge in [-0.1, -0.05) is 54.6 Å². The van der Waals surface area contributed by atoms with Gasteiger partial charge in [0.2, 0.25) is 5.88 Å². The van der Waals surface area contributed by atoms with Crippen molar-refractivity contribution < 1.29 is 14.1 Å². The Morgan fingerprint density at radius 3 is 2.46 bits per heavy atom. The molecule has 0 spiro atoms. The third kappa shape index (κ3) is 3.19. The lowest BCUT2D eigenvalue weighted by atomic mass is 9.84.